The molecule has 8 aromatic rings. The summed E-state index contributed by atoms with van der Waals surface area (Å²) in [6.45, 7) is 0. The Morgan fingerprint density at radius 3 is 1.11 bits per heavy atom. The molecular weight excluding hydrogens is 532 g/mol. The van der Waals surface area contributed by atoms with Crippen LogP contribution in [0.4, 0.5) is 0 Å². The van der Waals surface area contributed by atoms with Gasteiger partial charge in [0.1, 0.15) is 0 Å². The molecule has 0 radical (unpaired) electrons. The highest BCUT2D eigenvalue weighted by Crippen LogP contribution is 2.48. The molecule has 0 saturated heterocycles. The average molecular weight is 559 g/mol. The van der Waals surface area contributed by atoms with Gasteiger partial charge in [-0.1, -0.05) is 158 Å². The molecule has 0 unspecified atom stereocenters. The molecule has 0 bridgehead atoms. The number of aromatic nitrogens is 2. The molecule has 44 heavy (non-hydrogen) atoms. The molecule has 1 heterocycles. The zero-order valence-corrected chi connectivity index (χ0v) is 23.9. The van der Waals surface area contributed by atoms with Crippen molar-refractivity contribution in [1.29, 1.82) is 0 Å². The van der Waals surface area contributed by atoms with Gasteiger partial charge >= 0.3 is 0 Å². The van der Waals surface area contributed by atoms with Crippen LogP contribution in [0, 0.1) is 0 Å². The van der Waals surface area contributed by atoms with Crippen LogP contribution in [-0.2, 0) is 0 Å². The summed E-state index contributed by atoms with van der Waals surface area (Å²) in [5.41, 5.74) is 15.2. The van der Waals surface area contributed by atoms with Gasteiger partial charge in [0.15, 0.2) is 0 Å². The summed E-state index contributed by atoms with van der Waals surface area (Å²) in [6.07, 6.45) is 0. The van der Waals surface area contributed by atoms with Gasteiger partial charge in [0.2, 0.25) is 0 Å². The van der Waals surface area contributed by atoms with Crippen molar-refractivity contribution in [1.82, 2.24) is 9.97 Å². The second-order valence-electron chi connectivity index (χ2n) is 11.3. The molecule has 1 aromatic heterocycles. The highest BCUT2D eigenvalue weighted by Gasteiger charge is 2.27. The average Bonchev–Trinajstić information content (AvgIpc) is 3.42. The molecule has 0 atom stereocenters. The molecule has 0 fully saturated rings. The monoisotopic (exact) mass is 558 g/mol. The molecule has 204 valence electrons. The van der Waals surface area contributed by atoms with Crippen LogP contribution in [-0.4, -0.2) is 9.97 Å². The molecule has 0 aliphatic heterocycles. The first-order valence-electron chi connectivity index (χ1n) is 15.0. The summed E-state index contributed by atoms with van der Waals surface area (Å²) in [5, 5.41) is 2.45. The second kappa shape index (κ2) is 9.86. The Labute approximate surface area is 256 Å². The minimum atomic E-state index is 0.914. The highest BCUT2D eigenvalue weighted by molar-refractivity contribution is 6.16. The summed E-state index contributed by atoms with van der Waals surface area (Å²) in [7, 11) is 0. The van der Waals surface area contributed by atoms with Crippen molar-refractivity contribution in [3.8, 4) is 67.0 Å². The van der Waals surface area contributed by atoms with Crippen LogP contribution in [0.15, 0.2) is 158 Å². The molecule has 0 amide bonds. The van der Waals surface area contributed by atoms with E-state index in [-0.39, 0.29) is 0 Å². The maximum atomic E-state index is 5.53. The molecule has 0 spiro atoms. The first-order valence-corrected chi connectivity index (χ1v) is 15.0. The first-order chi connectivity index (χ1) is 21.8. The fourth-order valence-corrected chi connectivity index (χ4v) is 6.86. The van der Waals surface area contributed by atoms with Crippen molar-refractivity contribution < 1.29 is 0 Å². The number of hydrogen-bond acceptors (Lipinski definition) is 2. The Hall–Kier alpha value is -5.86. The Balaban J connectivity index is 1.38. The molecular formula is C42H26N2. The van der Waals surface area contributed by atoms with Gasteiger partial charge in [-0.25, -0.2) is 9.97 Å². The minimum Gasteiger partial charge on any atom is -0.243 e. The minimum absolute atomic E-state index is 0.914. The van der Waals surface area contributed by atoms with Crippen LogP contribution in [0.3, 0.4) is 0 Å². The maximum Gasteiger partial charge on any atom is 0.0980 e. The Bertz CT molecular complexity index is 2210. The zero-order valence-electron chi connectivity index (χ0n) is 23.9. The lowest BCUT2D eigenvalue weighted by atomic mass is 9.89. The van der Waals surface area contributed by atoms with Crippen molar-refractivity contribution >= 4 is 21.8 Å². The predicted octanol–water partition coefficient (Wildman–Crippen LogP) is 11.1. The fourth-order valence-electron chi connectivity index (χ4n) is 6.86. The van der Waals surface area contributed by atoms with Crippen LogP contribution in [0.1, 0.15) is 0 Å². The topological polar surface area (TPSA) is 25.8 Å². The molecule has 7 aromatic carbocycles. The fraction of sp³-hybridized carbons (Fsp3) is 0. The first kappa shape index (κ1) is 24.7. The van der Waals surface area contributed by atoms with Crippen molar-refractivity contribution in [2.24, 2.45) is 0 Å². The van der Waals surface area contributed by atoms with Crippen molar-refractivity contribution in [2.75, 3.05) is 0 Å². The number of rotatable bonds is 4. The summed E-state index contributed by atoms with van der Waals surface area (Å²) in [6, 6.07) is 55.9. The lowest BCUT2D eigenvalue weighted by Gasteiger charge is -2.17. The highest BCUT2D eigenvalue weighted by atomic mass is 14.8. The van der Waals surface area contributed by atoms with E-state index < -0.39 is 0 Å². The third-order valence-corrected chi connectivity index (χ3v) is 8.84. The lowest BCUT2D eigenvalue weighted by molar-refractivity contribution is 1.32. The molecule has 2 heteroatoms. The quantitative estimate of drug-likeness (QED) is 0.215. The zero-order chi connectivity index (χ0) is 29.0. The van der Waals surface area contributed by atoms with Crippen molar-refractivity contribution in [2.45, 2.75) is 0 Å². The molecule has 0 N–H and O–H groups in total. The van der Waals surface area contributed by atoms with E-state index in [1.165, 1.54) is 33.0 Å². The maximum absolute atomic E-state index is 5.53. The van der Waals surface area contributed by atoms with Gasteiger partial charge in [-0.2, -0.15) is 0 Å². The molecule has 1 aliphatic rings. The third kappa shape index (κ3) is 3.75. The van der Waals surface area contributed by atoms with E-state index in [1.807, 2.05) is 0 Å². The van der Waals surface area contributed by atoms with Gasteiger partial charge in [0.05, 0.1) is 22.4 Å². The summed E-state index contributed by atoms with van der Waals surface area (Å²) >= 11 is 0. The van der Waals surface area contributed by atoms with E-state index in [1.54, 1.807) is 0 Å². The molecule has 1 aliphatic carbocycles. The van der Waals surface area contributed by atoms with Gasteiger partial charge in [0, 0.05) is 27.6 Å². The Morgan fingerprint density at radius 1 is 0.273 bits per heavy atom. The van der Waals surface area contributed by atoms with E-state index in [4.69, 9.17) is 9.97 Å². The summed E-state index contributed by atoms with van der Waals surface area (Å²) in [4.78, 5) is 11.1. The van der Waals surface area contributed by atoms with Crippen molar-refractivity contribution in [3.05, 3.63) is 158 Å². The van der Waals surface area contributed by atoms with Crippen LogP contribution < -0.4 is 0 Å². The number of hydrogen-bond donors (Lipinski definition) is 0. The van der Waals surface area contributed by atoms with E-state index >= 15 is 0 Å². The predicted molar refractivity (Wildman–Crippen MR) is 183 cm³/mol. The van der Waals surface area contributed by atoms with Gasteiger partial charge in [-0.3, -0.25) is 0 Å². The van der Waals surface area contributed by atoms with Crippen LogP contribution in [0.25, 0.3) is 88.8 Å². The molecule has 2 nitrogen and oxygen atoms in total. The van der Waals surface area contributed by atoms with Gasteiger partial charge in [-0.05, 0) is 38.8 Å². The van der Waals surface area contributed by atoms with Gasteiger partial charge in [0.25, 0.3) is 0 Å². The lowest BCUT2D eigenvalue weighted by Crippen LogP contribution is -1.97. The smallest absolute Gasteiger partial charge is 0.0980 e. The van der Waals surface area contributed by atoms with Crippen LogP contribution >= 0.6 is 0 Å². The van der Waals surface area contributed by atoms with E-state index in [9.17, 15) is 0 Å². The number of nitrogens with zero attached hydrogens (tertiary/aromatic N) is 2. The van der Waals surface area contributed by atoms with Gasteiger partial charge in [-0.15, -0.1) is 0 Å². The van der Waals surface area contributed by atoms with E-state index in [0.29, 0.717) is 0 Å². The SMILES string of the molecule is c1ccc(-c2ccccc2-c2ccc(-c3ccccc3-c3ccccc3)c3nc4c(nc23)-c2cccc3cccc-4c23)cc1. The summed E-state index contributed by atoms with van der Waals surface area (Å²) in [5.74, 6) is 0. The Morgan fingerprint density at radius 2 is 0.659 bits per heavy atom. The second-order valence-corrected chi connectivity index (χ2v) is 11.3. The normalized spacial score (nSPS) is 11.6. The van der Waals surface area contributed by atoms with E-state index in [2.05, 4.69) is 158 Å². The summed E-state index contributed by atoms with van der Waals surface area (Å²) < 4.78 is 0. The van der Waals surface area contributed by atoms with E-state index in [0.717, 1.165) is 55.8 Å². The number of benzene rings is 7. The number of fused-ring (bicyclic) bond motifs is 4. The van der Waals surface area contributed by atoms with Gasteiger partial charge < -0.3 is 0 Å². The van der Waals surface area contributed by atoms with Crippen LogP contribution in [0.2, 0.25) is 0 Å². The standard InChI is InChI=1S/C42H26N2/c1-3-13-27(14-4-1)30-19-7-9-21-32(30)34-25-26-35(33-22-10-8-20-31(33)28-15-5-2-6-16-28)40-39(34)43-41-36-23-11-17-29-18-12-24-37(38(29)36)42(41)44-40/h1-26H. The third-order valence-electron chi connectivity index (χ3n) is 8.84. The Kier molecular flexibility index (Phi) is 5.54. The van der Waals surface area contributed by atoms with Crippen LogP contribution in [0.5, 0.6) is 0 Å². The molecule has 0 saturated carbocycles. The van der Waals surface area contributed by atoms with Crippen molar-refractivity contribution in [3.63, 3.8) is 0 Å². The molecule has 9 rings (SSSR count). The largest absolute Gasteiger partial charge is 0.243 e.